The highest BCUT2D eigenvalue weighted by molar-refractivity contribution is 5.93. The van der Waals surface area contributed by atoms with Crippen LogP contribution in [-0.2, 0) is 4.74 Å². The van der Waals surface area contributed by atoms with Crippen LogP contribution in [-0.4, -0.2) is 72.3 Å². The number of nitrogens with one attached hydrogen (secondary N) is 2. The molecule has 2 aromatic rings. The lowest BCUT2D eigenvalue weighted by Crippen LogP contribution is -2.48. The number of rotatable bonds is 7. The molecule has 0 saturated carbocycles. The Morgan fingerprint density at radius 3 is 2.56 bits per heavy atom. The van der Waals surface area contributed by atoms with Crippen molar-refractivity contribution in [3.05, 3.63) is 40.6 Å². The number of H-pyrrole nitrogens is 1. The molecule has 1 amide bonds. The monoisotopic (exact) mass is 373 g/mol. The van der Waals surface area contributed by atoms with E-state index in [4.69, 9.17) is 4.74 Å². The molecule has 2 aromatic heterocycles. The number of aromatic amines is 1. The first kappa shape index (κ1) is 18.8. The first-order valence-corrected chi connectivity index (χ1v) is 8.82. The van der Waals surface area contributed by atoms with Crippen LogP contribution in [0.2, 0.25) is 0 Å². The highest BCUT2D eigenvalue weighted by Crippen LogP contribution is 2.13. The summed E-state index contributed by atoms with van der Waals surface area (Å²) in [6.07, 6.45) is 5.44. The third-order valence-electron chi connectivity index (χ3n) is 4.26. The molecule has 0 spiro atoms. The zero-order valence-electron chi connectivity index (χ0n) is 15.2. The average Bonchev–Trinajstić information content (AvgIpc) is 2.72. The number of amides is 1. The molecule has 1 fully saturated rings. The van der Waals surface area contributed by atoms with E-state index in [1.165, 1.54) is 6.20 Å². The molecular weight excluding hydrogens is 350 g/mol. The van der Waals surface area contributed by atoms with Crippen LogP contribution in [0.1, 0.15) is 16.8 Å². The summed E-state index contributed by atoms with van der Waals surface area (Å²) in [6, 6.07) is 1.78. The normalized spacial score (nSPS) is 14.3. The van der Waals surface area contributed by atoms with Crippen LogP contribution < -0.4 is 20.7 Å². The molecule has 0 aliphatic carbocycles. The molecular formula is C17H23N7O3. The van der Waals surface area contributed by atoms with Gasteiger partial charge in [0.05, 0.1) is 0 Å². The highest BCUT2D eigenvalue weighted by atomic mass is 16.5. The maximum Gasteiger partial charge on any atom is 0.265 e. The van der Waals surface area contributed by atoms with E-state index >= 15 is 0 Å². The van der Waals surface area contributed by atoms with Crippen molar-refractivity contribution in [1.29, 1.82) is 0 Å². The number of methoxy groups -OCH3 is 1. The van der Waals surface area contributed by atoms with Crippen molar-refractivity contribution in [3.8, 4) is 0 Å². The number of hydrogen-bond acceptors (Lipinski definition) is 8. The number of hydrogen-bond donors (Lipinski definition) is 2. The van der Waals surface area contributed by atoms with Gasteiger partial charge in [0.25, 0.3) is 11.5 Å². The van der Waals surface area contributed by atoms with Gasteiger partial charge in [-0.25, -0.2) is 15.0 Å². The predicted octanol–water partition coefficient (Wildman–Crippen LogP) is -0.347. The highest BCUT2D eigenvalue weighted by Gasteiger charge is 2.21. The van der Waals surface area contributed by atoms with Crippen molar-refractivity contribution in [1.82, 2.24) is 25.3 Å². The summed E-state index contributed by atoms with van der Waals surface area (Å²) in [6.45, 7) is 3.77. The fraction of sp³-hybridized carbons (Fsp3) is 0.471. The summed E-state index contributed by atoms with van der Waals surface area (Å²) < 4.78 is 4.92. The lowest BCUT2D eigenvalue weighted by atomic mass is 10.3. The van der Waals surface area contributed by atoms with Gasteiger partial charge in [0.1, 0.15) is 5.56 Å². The van der Waals surface area contributed by atoms with Crippen molar-refractivity contribution in [3.63, 3.8) is 0 Å². The second kappa shape index (κ2) is 9.08. The third kappa shape index (κ3) is 4.79. The van der Waals surface area contributed by atoms with E-state index in [0.29, 0.717) is 44.6 Å². The molecule has 0 atom stereocenters. The summed E-state index contributed by atoms with van der Waals surface area (Å²) in [7, 11) is 1.60. The van der Waals surface area contributed by atoms with E-state index in [1.807, 2.05) is 4.90 Å². The molecule has 1 saturated heterocycles. The van der Waals surface area contributed by atoms with Gasteiger partial charge >= 0.3 is 0 Å². The number of anilines is 2. The van der Waals surface area contributed by atoms with Crippen LogP contribution in [0.3, 0.4) is 0 Å². The van der Waals surface area contributed by atoms with Crippen LogP contribution in [0, 0.1) is 0 Å². The Bertz CT molecular complexity index is 804. The molecule has 10 nitrogen and oxygen atoms in total. The topological polar surface area (TPSA) is 116 Å². The number of piperazine rings is 1. The lowest BCUT2D eigenvalue weighted by molar-refractivity contribution is 0.0946. The van der Waals surface area contributed by atoms with Crippen LogP contribution >= 0.6 is 0 Å². The van der Waals surface area contributed by atoms with Crippen LogP contribution in [0.5, 0.6) is 0 Å². The third-order valence-corrected chi connectivity index (χ3v) is 4.26. The van der Waals surface area contributed by atoms with Crippen molar-refractivity contribution >= 4 is 17.8 Å². The molecule has 0 aromatic carbocycles. The van der Waals surface area contributed by atoms with E-state index in [-0.39, 0.29) is 5.56 Å². The van der Waals surface area contributed by atoms with E-state index in [2.05, 4.69) is 30.2 Å². The largest absolute Gasteiger partial charge is 0.385 e. The standard InChI is InChI=1S/C17H23N7O3/c1-27-11-3-6-18-14(25)13-12-21-17(22-15(13)26)24-9-7-23(8-10-24)16-19-4-2-5-20-16/h2,4-5,12H,3,6-11H2,1H3,(H,18,25)(H,21,22,26). The molecule has 2 N–H and O–H groups in total. The number of carbonyl (C=O) groups excluding carboxylic acids is 1. The van der Waals surface area contributed by atoms with Crippen molar-refractivity contribution in [2.24, 2.45) is 0 Å². The molecule has 0 radical (unpaired) electrons. The lowest BCUT2D eigenvalue weighted by Gasteiger charge is -2.34. The van der Waals surface area contributed by atoms with E-state index in [1.54, 1.807) is 25.6 Å². The number of nitrogens with zero attached hydrogens (tertiary/aromatic N) is 5. The Kier molecular flexibility index (Phi) is 6.31. The molecule has 1 aliphatic rings. The Morgan fingerprint density at radius 1 is 1.19 bits per heavy atom. The van der Waals surface area contributed by atoms with Crippen molar-refractivity contribution in [2.75, 3.05) is 56.2 Å². The molecule has 10 heteroatoms. The maximum absolute atomic E-state index is 12.3. The summed E-state index contributed by atoms with van der Waals surface area (Å²) in [5.41, 5.74) is -0.439. The minimum Gasteiger partial charge on any atom is -0.385 e. The molecule has 3 heterocycles. The Hall–Kier alpha value is -3.01. The van der Waals surface area contributed by atoms with E-state index < -0.39 is 11.5 Å². The van der Waals surface area contributed by atoms with Gasteiger partial charge in [-0.2, -0.15) is 0 Å². The van der Waals surface area contributed by atoms with E-state index in [0.717, 1.165) is 13.1 Å². The Morgan fingerprint density at radius 2 is 1.89 bits per heavy atom. The second-order valence-electron chi connectivity index (χ2n) is 6.07. The van der Waals surface area contributed by atoms with Gasteiger partial charge in [-0.3, -0.25) is 14.6 Å². The number of aromatic nitrogens is 4. The van der Waals surface area contributed by atoms with Crippen LogP contribution in [0.25, 0.3) is 0 Å². The molecule has 144 valence electrons. The summed E-state index contributed by atoms with van der Waals surface area (Å²) in [5.74, 6) is 0.723. The predicted molar refractivity (Wildman–Crippen MR) is 100 cm³/mol. The summed E-state index contributed by atoms with van der Waals surface area (Å²) in [4.78, 5) is 43.9. The zero-order chi connectivity index (χ0) is 19.1. The number of carbonyl (C=O) groups is 1. The molecule has 27 heavy (non-hydrogen) atoms. The molecule has 0 unspecified atom stereocenters. The summed E-state index contributed by atoms with van der Waals surface area (Å²) >= 11 is 0. The van der Waals surface area contributed by atoms with Gasteiger partial charge in [-0.15, -0.1) is 0 Å². The Labute approximate surface area is 156 Å². The van der Waals surface area contributed by atoms with Crippen molar-refractivity contribution < 1.29 is 9.53 Å². The fourth-order valence-corrected chi connectivity index (χ4v) is 2.79. The first-order valence-electron chi connectivity index (χ1n) is 8.82. The van der Waals surface area contributed by atoms with Crippen LogP contribution in [0.4, 0.5) is 11.9 Å². The maximum atomic E-state index is 12.3. The number of ether oxygens (including phenoxy) is 1. The quantitative estimate of drug-likeness (QED) is 0.633. The van der Waals surface area contributed by atoms with Gasteiger partial charge in [0.15, 0.2) is 0 Å². The first-order chi connectivity index (χ1) is 13.2. The van der Waals surface area contributed by atoms with Gasteiger partial charge in [-0.05, 0) is 12.5 Å². The summed E-state index contributed by atoms with van der Waals surface area (Å²) in [5, 5.41) is 2.68. The fourth-order valence-electron chi connectivity index (χ4n) is 2.79. The average molecular weight is 373 g/mol. The Balaban J connectivity index is 1.58. The smallest absolute Gasteiger partial charge is 0.265 e. The SMILES string of the molecule is COCCCNC(=O)c1cnc(N2CCN(c3ncccn3)CC2)[nH]c1=O. The van der Waals surface area contributed by atoms with E-state index in [9.17, 15) is 9.59 Å². The zero-order valence-corrected chi connectivity index (χ0v) is 15.2. The molecule has 3 rings (SSSR count). The van der Waals surface area contributed by atoms with Crippen molar-refractivity contribution in [2.45, 2.75) is 6.42 Å². The van der Waals surface area contributed by atoms with Gasteiger partial charge < -0.3 is 19.9 Å². The molecule has 0 bridgehead atoms. The minimum atomic E-state index is -0.446. The van der Waals surface area contributed by atoms with Gasteiger partial charge in [0.2, 0.25) is 11.9 Å². The minimum absolute atomic E-state index is 0.00693. The molecule has 1 aliphatic heterocycles. The second-order valence-corrected chi connectivity index (χ2v) is 6.07. The van der Waals surface area contributed by atoms with Crippen LogP contribution in [0.15, 0.2) is 29.5 Å². The van der Waals surface area contributed by atoms with Gasteiger partial charge in [0, 0.05) is 65.0 Å². The van der Waals surface area contributed by atoms with Gasteiger partial charge in [-0.1, -0.05) is 0 Å².